The molecule has 0 radical (unpaired) electrons. The number of nitrogens with zero attached hydrogens (tertiary/aromatic N) is 2. The van der Waals surface area contributed by atoms with Gasteiger partial charge in [-0.25, -0.2) is 4.98 Å². The van der Waals surface area contributed by atoms with Crippen LogP contribution in [-0.4, -0.2) is 42.6 Å². The Bertz CT molecular complexity index is 411. The number of rotatable bonds is 3. The van der Waals surface area contributed by atoms with Crippen molar-refractivity contribution in [3.63, 3.8) is 0 Å². The van der Waals surface area contributed by atoms with Crippen molar-refractivity contribution in [2.24, 2.45) is 5.92 Å². The summed E-state index contributed by atoms with van der Waals surface area (Å²) in [6.07, 6.45) is 2.25. The third-order valence-electron chi connectivity index (χ3n) is 2.95. The lowest BCUT2D eigenvalue weighted by molar-refractivity contribution is 0.0775. The van der Waals surface area contributed by atoms with Gasteiger partial charge in [0.15, 0.2) is 0 Å². The molecule has 2 heterocycles. The SMILES string of the molecule is COCC1CCN(C(=O)c2ccnc(F)c2)C1. The van der Waals surface area contributed by atoms with Crippen molar-refractivity contribution in [3.8, 4) is 0 Å². The smallest absolute Gasteiger partial charge is 0.254 e. The van der Waals surface area contributed by atoms with Crippen LogP contribution in [0, 0.1) is 11.9 Å². The van der Waals surface area contributed by atoms with Crippen LogP contribution in [0.3, 0.4) is 0 Å². The largest absolute Gasteiger partial charge is 0.384 e. The van der Waals surface area contributed by atoms with Crippen LogP contribution in [0.25, 0.3) is 0 Å². The topological polar surface area (TPSA) is 42.4 Å². The molecule has 2 rings (SSSR count). The van der Waals surface area contributed by atoms with Crippen LogP contribution in [0.5, 0.6) is 0 Å². The number of pyridine rings is 1. The van der Waals surface area contributed by atoms with Gasteiger partial charge in [-0.3, -0.25) is 4.79 Å². The lowest BCUT2D eigenvalue weighted by Crippen LogP contribution is -2.29. The highest BCUT2D eigenvalue weighted by Crippen LogP contribution is 2.18. The van der Waals surface area contributed by atoms with Crippen molar-refractivity contribution in [1.29, 1.82) is 0 Å². The molecule has 4 nitrogen and oxygen atoms in total. The molecular weight excluding hydrogens is 223 g/mol. The Morgan fingerprint density at radius 1 is 1.71 bits per heavy atom. The van der Waals surface area contributed by atoms with E-state index in [9.17, 15) is 9.18 Å². The van der Waals surface area contributed by atoms with Gasteiger partial charge < -0.3 is 9.64 Å². The fourth-order valence-electron chi connectivity index (χ4n) is 2.11. The van der Waals surface area contributed by atoms with Gasteiger partial charge >= 0.3 is 0 Å². The molecule has 5 heteroatoms. The monoisotopic (exact) mass is 238 g/mol. The van der Waals surface area contributed by atoms with Crippen LogP contribution in [0.2, 0.25) is 0 Å². The summed E-state index contributed by atoms with van der Waals surface area (Å²) in [5.74, 6) is -0.371. The Balaban J connectivity index is 2.02. The standard InChI is InChI=1S/C12H15FN2O2/c1-17-8-9-3-5-15(7-9)12(16)10-2-4-14-11(13)6-10/h2,4,6,9H,3,5,7-8H2,1H3. The molecule has 0 aromatic carbocycles. The molecule has 0 spiro atoms. The summed E-state index contributed by atoms with van der Waals surface area (Å²) in [5, 5.41) is 0. The van der Waals surface area contributed by atoms with Crippen LogP contribution in [0.4, 0.5) is 4.39 Å². The number of amides is 1. The van der Waals surface area contributed by atoms with E-state index in [1.807, 2.05) is 0 Å². The first kappa shape index (κ1) is 12.0. The van der Waals surface area contributed by atoms with E-state index in [0.29, 0.717) is 31.2 Å². The van der Waals surface area contributed by atoms with Gasteiger partial charge in [0.25, 0.3) is 5.91 Å². The van der Waals surface area contributed by atoms with Crippen LogP contribution >= 0.6 is 0 Å². The number of halogens is 1. The third kappa shape index (κ3) is 2.79. The van der Waals surface area contributed by atoms with E-state index in [1.165, 1.54) is 18.3 Å². The predicted molar refractivity (Wildman–Crippen MR) is 60.1 cm³/mol. The summed E-state index contributed by atoms with van der Waals surface area (Å²) in [4.78, 5) is 17.2. The van der Waals surface area contributed by atoms with Crippen molar-refractivity contribution >= 4 is 5.91 Å². The van der Waals surface area contributed by atoms with E-state index >= 15 is 0 Å². The van der Waals surface area contributed by atoms with Crippen LogP contribution in [0.15, 0.2) is 18.3 Å². The molecule has 1 fully saturated rings. The number of methoxy groups -OCH3 is 1. The van der Waals surface area contributed by atoms with Crippen molar-refractivity contribution < 1.29 is 13.9 Å². The summed E-state index contributed by atoms with van der Waals surface area (Å²) in [5.41, 5.74) is 0.357. The molecule has 1 unspecified atom stereocenters. The zero-order valence-electron chi connectivity index (χ0n) is 9.73. The second-order valence-electron chi connectivity index (χ2n) is 4.23. The first-order valence-electron chi connectivity index (χ1n) is 5.60. The van der Waals surface area contributed by atoms with E-state index < -0.39 is 5.95 Å². The summed E-state index contributed by atoms with van der Waals surface area (Å²) in [6.45, 7) is 2.04. The molecule has 0 bridgehead atoms. The number of hydrogen-bond donors (Lipinski definition) is 0. The maximum absolute atomic E-state index is 12.9. The highest BCUT2D eigenvalue weighted by molar-refractivity contribution is 5.94. The summed E-state index contributed by atoms with van der Waals surface area (Å²) >= 11 is 0. The van der Waals surface area contributed by atoms with Crippen LogP contribution < -0.4 is 0 Å². The van der Waals surface area contributed by atoms with Gasteiger partial charge in [0.05, 0.1) is 6.61 Å². The molecule has 1 aliphatic heterocycles. The average Bonchev–Trinajstić information content (AvgIpc) is 2.77. The summed E-state index contributed by atoms with van der Waals surface area (Å²) in [6, 6.07) is 2.71. The van der Waals surface area contributed by atoms with Crippen molar-refractivity contribution in [2.75, 3.05) is 26.8 Å². The molecule has 0 aliphatic carbocycles. The Labute approximate surface area is 99.4 Å². The second-order valence-corrected chi connectivity index (χ2v) is 4.23. The molecule has 1 aliphatic rings. The Kier molecular flexibility index (Phi) is 3.68. The zero-order chi connectivity index (χ0) is 12.3. The quantitative estimate of drug-likeness (QED) is 0.746. The van der Waals surface area contributed by atoms with Crippen molar-refractivity contribution in [3.05, 3.63) is 29.8 Å². The molecule has 1 saturated heterocycles. The molecule has 1 aromatic rings. The molecule has 0 saturated carbocycles. The average molecular weight is 238 g/mol. The van der Waals surface area contributed by atoms with E-state index in [2.05, 4.69) is 4.98 Å². The first-order valence-corrected chi connectivity index (χ1v) is 5.60. The lowest BCUT2D eigenvalue weighted by atomic mass is 10.1. The summed E-state index contributed by atoms with van der Waals surface area (Å²) in [7, 11) is 1.66. The molecule has 1 aromatic heterocycles. The van der Waals surface area contributed by atoms with E-state index in [-0.39, 0.29) is 5.91 Å². The number of aromatic nitrogens is 1. The molecule has 92 valence electrons. The Morgan fingerprint density at radius 3 is 3.24 bits per heavy atom. The molecule has 1 atom stereocenters. The number of likely N-dealkylation sites (tertiary alicyclic amines) is 1. The second kappa shape index (κ2) is 5.23. The van der Waals surface area contributed by atoms with Crippen molar-refractivity contribution in [1.82, 2.24) is 9.88 Å². The van der Waals surface area contributed by atoms with E-state index in [4.69, 9.17) is 4.74 Å². The van der Waals surface area contributed by atoms with Gasteiger partial charge in [0, 0.05) is 43.9 Å². The molecular formula is C12H15FN2O2. The maximum Gasteiger partial charge on any atom is 0.254 e. The van der Waals surface area contributed by atoms with Gasteiger partial charge in [-0.15, -0.1) is 0 Å². The van der Waals surface area contributed by atoms with E-state index in [0.717, 1.165) is 6.42 Å². The highest BCUT2D eigenvalue weighted by atomic mass is 19.1. The minimum absolute atomic E-state index is 0.134. The molecule has 0 N–H and O–H groups in total. The number of carbonyl (C=O) groups excluding carboxylic acids is 1. The Morgan fingerprint density at radius 2 is 2.53 bits per heavy atom. The first-order chi connectivity index (χ1) is 8.20. The fourth-order valence-corrected chi connectivity index (χ4v) is 2.11. The van der Waals surface area contributed by atoms with Gasteiger partial charge in [-0.1, -0.05) is 0 Å². The third-order valence-corrected chi connectivity index (χ3v) is 2.95. The minimum Gasteiger partial charge on any atom is -0.384 e. The maximum atomic E-state index is 12.9. The van der Waals surface area contributed by atoms with E-state index in [1.54, 1.807) is 12.0 Å². The number of carbonyl (C=O) groups is 1. The van der Waals surface area contributed by atoms with Crippen molar-refractivity contribution in [2.45, 2.75) is 6.42 Å². The normalized spacial score (nSPS) is 19.6. The van der Waals surface area contributed by atoms with Gasteiger partial charge in [-0.2, -0.15) is 4.39 Å². The fraction of sp³-hybridized carbons (Fsp3) is 0.500. The molecule has 1 amide bonds. The minimum atomic E-state index is -0.622. The predicted octanol–water partition coefficient (Wildman–Crippen LogP) is 1.33. The number of hydrogen-bond acceptors (Lipinski definition) is 3. The highest BCUT2D eigenvalue weighted by Gasteiger charge is 2.26. The number of ether oxygens (including phenoxy) is 1. The zero-order valence-corrected chi connectivity index (χ0v) is 9.73. The Hall–Kier alpha value is -1.49. The summed E-state index contributed by atoms with van der Waals surface area (Å²) < 4.78 is 18.0. The van der Waals surface area contributed by atoms with Gasteiger partial charge in [0.1, 0.15) is 0 Å². The van der Waals surface area contributed by atoms with Crippen LogP contribution in [0.1, 0.15) is 16.8 Å². The lowest BCUT2D eigenvalue weighted by Gasteiger charge is -2.16. The van der Waals surface area contributed by atoms with Crippen LogP contribution in [-0.2, 0) is 4.74 Å². The van der Waals surface area contributed by atoms with Gasteiger partial charge in [-0.05, 0) is 12.5 Å². The van der Waals surface area contributed by atoms with Gasteiger partial charge in [0.2, 0.25) is 5.95 Å². The molecule has 17 heavy (non-hydrogen) atoms.